The molecule has 1 atom stereocenters. The summed E-state index contributed by atoms with van der Waals surface area (Å²) in [5.41, 5.74) is -3.06. The van der Waals surface area contributed by atoms with Gasteiger partial charge in [0.25, 0.3) is 0 Å². The zero-order valence-electron chi connectivity index (χ0n) is 10.6. The lowest BCUT2D eigenvalue weighted by molar-refractivity contribution is -0.185. The Morgan fingerprint density at radius 1 is 0.842 bits per heavy atom. The summed E-state index contributed by atoms with van der Waals surface area (Å²) in [6.45, 7) is 0. The second-order valence-corrected chi connectivity index (χ2v) is 5.69. The van der Waals surface area contributed by atoms with Gasteiger partial charge < -0.3 is 15.3 Å². The highest BCUT2D eigenvalue weighted by Crippen LogP contribution is 2.63. The predicted octanol–water partition coefficient (Wildman–Crippen LogP) is 1.59. The van der Waals surface area contributed by atoms with E-state index in [2.05, 4.69) is 0 Å². The maximum Gasteiger partial charge on any atom is 0.322 e. The van der Waals surface area contributed by atoms with E-state index < -0.39 is 34.7 Å². The number of carbonyl (C=O) groups is 3. The van der Waals surface area contributed by atoms with E-state index in [-0.39, 0.29) is 6.42 Å². The molecule has 0 saturated heterocycles. The van der Waals surface area contributed by atoms with Crippen LogP contribution in [0.25, 0.3) is 0 Å². The Labute approximate surface area is 110 Å². The molecular formula is C13H18O6. The predicted molar refractivity (Wildman–Crippen MR) is 63.6 cm³/mol. The molecule has 0 bridgehead atoms. The summed E-state index contributed by atoms with van der Waals surface area (Å²) in [4.78, 5) is 34.7. The first kappa shape index (κ1) is 13.8. The van der Waals surface area contributed by atoms with Gasteiger partial charge in [0.05, 0.1) is 5.92 Å². The first-order valence-electron chi connectivity index (χ1n) is 6.58. The zero-order valence-corrected chi connectivity index (χ0v) is 10.6. The Bertz CT molecular complexity index is 407. The Morgan fingerprint density at radius 3 is 1.79 bits per heavy atom. The van der Waals surface area contributed by atoms with E-state index in [0.29, 0.717) is 19.3 Å². The van der Waals surface area contributed by atoms with Crippen molar-refractivity contribution in [3.63, 3.8) is 0 Å². The summed E-state index contributed by atoms with van der Waals surface area (Å²) >= 11 is 0. The van der Waals surface area contributed by atoms with Crippen molar-refractivity contribution in [2.45, 2.75) is 44.9 Å². The number of hydrogen-bond donors (Lipinski definition) is 3. The molecule has 0 aliphatic heterocycles. The molecule has 0 aromatic heterocycles. The molecule has 6 heteroatoms. The van der Waals surface area contributed by atoms with Gasteiger partial charge in [-0.2, -0.15) is 0 Å². The van der Waals surface area contributed by atoms with Crippen LogP contribution in [0.15, 0.2) is 0 Å². The van der Waals surface area contributed by atoms with Crippen LogP contribution >= 0.6 is 0 Å². The highest BCUT2D eigenvalue weighted by molar-refractivity contribution is 6.04. The number of aliphatic carboxylic acids is 3. The highest BCUT2D eigenvalue weighted by Gasteiger charge is 2.71. The van der Waals surface area contributed by atoms with Gasteiger partial charge in [-0.1, -0.05) is 19.3 Å². The SMILES string of the molecule is O=C(O)C1CCC2(CCCCC2)C1(C(=O)O)C(=O)O. The average molecular weight is 270 g/mol. The molecule has 2 aliphatic rings. The fourth-order valence-electron chi connectivity index (χ4n) is 4.23. The molecule has 3 N–H and O–H groups in total. The lowest BCUT2D eigenvalue weighted by Crippen LogP contribution is -2.56. The minimum Gasteiger partial charge on any atom is -0.481 e. The molecule has 2 aliphatic carbocycles. The standard InChI is InChI=1S/C13H18O6/c14-9(15)8-4-7-12(5-2-1-3-6-12)13(8,10(16)17)11(18)19/h8H,1-7H2,(H,14,15)(H,16,17)(H,18,19). The van der Waals surface area contributed by atoms with E-state index in [0.717, 1.165) is 19.3 Å². The van der Waals surface area contributed by atoms with Crippen LogP contribution in [0.1, 0.15) is 44.9 Å². The lowest BCUT2D eigenvalue weighted by Gasteiger charge is -2.44. The zero-order chi connectivity index (χ0) is 14.3. The molecule has 2 rings (SSSR count). The third kappa shape index (κ3) is 1.65. The second-order valence-electron chi connectivity index (χ2n) is 5.69. The van der Waals surface area contributed by atoms with Crippen molar-refractivity contribution < 1.29 is 29.7 Å². The number of hydrogen-bond acceptors (Lipinski definition) is 3. The molecule has 0 radical (unpaired) electrons. The fourth-order valence-corrected chi connectivity index (χ4v) is 4.23. The van der Waals surface area contributed by atoms with Crippen molar-refractivity contribution >= 4 is 17.9 Å². The van der Waals surface area contributed by atoms with Crippen molar-refractivity contribution in [3.8, 4) is 0 Å². The highest BCUT2D eigenvalue weighted by atomic mass is 16.4. The monoisotopic (exact) mass is 270 g/mol. The topological polar surface area (TPSA) is 112 Å². The molecule has 1 unspecified atom stereocenters. The molecule has 1 spiro atoms. The quantitative estimate of drug-likeness (QED) is 0.671. The Balaban J connectivity index is 2.58. The molecular weight excluding hydrogens is 252 g/mol. The van der Waals surface area contributed by atoms with Crippen molar-refractivity contribution in [1.82, 2.24) is 0 Å². The molecule has 19 heavy (non-hydrogen) atoms. The van der Waals surface area contributed by atoms with Gasteiger partial charge in [-0.15, -0.1) is 0 Å². The molecule has 0 aromatic carbocycles. The summed E-state index contributed by atoms with van der Waals surface area (Å²) in [5.74, 6) is -5.63. The molecule has 106 valence electrons. The third-order valence-electron chi connectivity index (χ3n) is 5.05. The summed E-state index contributed by atoms with van der Waals surface area (Å²) < 4.78 is 0. The van der Waals surface area contributed by atoms with E-state index in [1.165, 1.54) is 0 Å². The molecule has 0 aromatic rings. The van der Waals surface area contributed by atoms with Crippen LogP contribution in [0.2, 0.25) is 0 Å². The first-order chi connectivity index (χ1) is 8.88. The first-order valence-corrected chi connectivity index (χ1v) is 6.58. The van der Waals surface area contributed by atoms with Crippen LogP contribution in [-0.4, -0.2) is 33.2 Å². The van der Waals surface area contributed by atoms with Gasteiger partial charge in [0, 0.05) is 0 Å². The van der Waals surface area contributed by atoms with Crippen LogP contribution in [0.3, 0.4) is 0 Å². The average Bonchev–Trinajstić information content (AvgIpc) is 2.65. The lowest BCUT2D eigenvalue weighted by atomic mass is 9.56. The van der Waals surface area contributed by atoms with Gasteiger partial charge in [-0.05, 0) is 31.1 Å². The van der Waals surface area contributed by atoms with Crippen LogP contribution < -0.4 is 0 Å². The molecule has 2 saturated carbocycles. The normalized spacial score (nSPS) is 28.1. The summed E-state index contributed by atoms with van der Waals surface area (Å²) in [7, 11) is 0. The van der Waals surface area contributed by atoms with E-state index in [4.69, 9.17) is 0 Å². The van der Waals surface area contributed by atoms with Gasteiger partial charge in [0.2, 0.25) is 0 Å². The van der Waals surface area contributed by atoms with E-state index >= 15 is 0 Å². The molecule has 0 amide bonds. The van der Waals surface area contributed by atoms with Gasteiger partial charge in [-0.25, -0.2) is 0 Å². The Morgan fingerprint density at radius 2 is 1.37 bits per heavy atom. The second kappa shape index (κ2) is 4.51. The van der Waals surface area contributed by atoms with Crippen molar-refractivity contribution in [2.24, 2.45) is 16.7 Å². The van der Waals surface area contributed by atoms with E-state index in [9.17, 15) is 29.7 Å². The van der Waals surface area contributed by atoms with Gasteiger partial charge in [0.1, 0.15) is 0 Å². The summed E-state index contributed by atoms with van der Waals surface area (Å²) in [6, 6.07) is 0. The summed E-state index contributed by atoms with van der Waals surface area (Å²) in [6.07, 6.45) is 4.00. The van der Waals surface area contributed by atoms with Crippen LogP contribution in [0, 0.1) is 16.7 Å². The third-order valence-corrected chi connectivity index (χ3v) is 5.05. The van der Waals surface area contributed by atoms with Crippen LogP contribution in [0.4, 0.5) is 0 Å². The van der Waals surface area contributed by atoms with Crippen molar-refractivity contribution in [3.05, 3.63) is 0 Å². The Hall–Kier alpha value is -1.59. The largest absolute Gasteiger partial charge is 0.481 e. The van der Waals surface area contributed by atoms with E-state index in [1.807, 2.05) is 0 Å². The van der Waals surface area contributed by atoms with Crippen LogP contribution in [0.5, 0.6) is 0 Å². The van der Waals surface area contributed by atoms with Gasteiger partial charge in [-0.3, -0.25) is 14.4 Å². The smallest absolute Gasteiger partial charge is 0.322 e. The van der Waals surface area contributed by atoms with Gasteiger partial charge in [0.15, 0.2) is 5.41 Å². The number of rotatable bonds is 3. The molecule has 2 fully saturated rings. The minimum atomic E-state index is -2.17. The number of carboxylic acids is 3. The maximum absolute atomic E-state index is 11.7. The number of carboxylic acid groups (broad SMARTS) is 3. The van der Waals surface area contributed by atoms with Crippen LogP contribution in [-0.2, 0) is 14.4 Å². The van der Waals surface area contributed by atoms with Crippen molar-refractivity contribution in [2.75, 3.05) is 0 Å². The van der Waals surface area contributed by atoms with Crippen molar-refractivity contribution in [1.29, 1.82) is 0 Å². The van der Waals surface area contributed by atoms with Gasteiger partial charge >= 0.3 is 17.9 Å². The van der Waals surface area contributed by atoms with E-state index in [1.54, 1.807) is 0 Å². The molecule has 0 heterocycles. The fraction of sp³-hybridized carbons (Fsp3) is 0.769. The summed E-state index contributed by atoms with van der Waals surface area (Å²) in [5, 5.41) is 28.3. The Kier molecular flexibility index (Phi) is 3.28. The molecule has 6 nitrogen and oxygen atoms in total. The maximum atomic E-state index is 11.7. The minimum absolute atomic E-state index is 0.133.